The van der Waals surface area contributed by atoms with Crippen molar-refractivity contribution in [3.8, 4) is 0 Å². The number of hydrogen-bond acceptors (Lipinski definition) is 6. The molecule has 0 radical (unpaired) electrons. The third-order valence-electron chi connectivity index (χ3n) is 4.52. The van der Waals surface area contributed by atoms with Gasteiger partial charge in [-0.3, -0.25) is 4.98 Å². The molecule has 7 heteroatoms. The number of aromatic nitrogens is 1. The minimum Gasteiger partial charge on any atom is -0.455 e. The van der Waals surface area contributed by atoms with Crippen molar-refractivity contribution < 1.29 is 23.4 Å². The van der Waals surface area contributed by atoms with E-state index in [2.05, 4.69) is 4.98 Å². The molecule has 7 nitrogen and oxygen atoms in total. The van der Waals surface area contributed by atoms with E-state index in [0.717, 1.165) is 22.1 Å². The topological polar surface area (TPSA) is 74.0 Å². The maximum absolute atomic E-state index is 12.3. The third-order valence-corrected chi connectivity index (χ3v) is 4.52. The zero-order chi connectivity index (χ0) is 21.0. The molecule has 0 unspecified atom stereocenters. The number of carbonyl (C=O) groups excluding carboxylic acids is 1. The lowest BCUT2D eigenvalue weighted by Gasteiger charge is -2.29. The average molecular weight is 402 g/mol. The Morgan fingerprint density at radius 3 is 2.55 bits per heavy atom. The number of amides is 1. The van der Waals surface area contributed by atoms with E-state index in [1.807, 2.05) is 46.8 Å². The number of fused-ring (bicyclic) bond motifs is 1. The van der Waals surface area contributed by atoms with Crippen LogP contribution in [0.2, 0.25) is 0 Å². The van der Waals surface area contributed by atoms with Crippen LogP contribution in [-0.2, 0) is 14.2 Å². The summed E-state index contributed by atoms with van der Waals surface area (Å²) in [7, 11) is 0. The lowest BCUT2D eigenvalue weighted by atomic mass is 10.00. The summed E-state index contributed by atoms with van der Waals surface area (Å²) in [6.45, 7) is 11.6. The molecule has 1 amide bonds. The fourth-order valence-electron chi connectivity index (χ4n) is 3.25. The lowest BCUT2D eigenvalue weighted by molar-refractivity contribution is -0.150. The Hall–Kier alpha value is -2.38. The first kappa shape index (κ1) is 21.3. The molecule has 3 heterocycles. The monoisotopic (exact) mass is 402 g/mol. The van der Waals surface area contributed by atoms with E-state index < -0.39 is 11.9 Å². The van der Waals surface area contributed by atoms with Gasteiger partial charge in [-0.25, -0.2) is 4.79 Å². The first-order chi connectivity index (χ1) is 13.8. The van der Waals surface area contributed by atoms with Crippen LogP contribution in [0.15, 0.2) is 29.0 Å². The van der Waals surface area contributed by atoms with Gasteiger partial charge in [0.15, 0.2) is 5.76 Å². The van der Waals surface area contributed by atoms with E-state index in [4.69, 9.17) is 18.6 Å². The van der Waals surface area contributed by atoms with Crippen LogP contribution in [0.1, 0.15) is 58.7 Å². The summed E-state index contributed by atoms with van der Waals surface area (Å²) in [5.74, 6) is 0.629. The first-order valence-corrected chi connectivity index (χ1v) is 10.1. The van der Waals surface area contributed by atoms with Gasteiger partial charge >= 0.3 is 6.09 Å². The van der Waals surface area contributed by atoms with Crippen molar-refractivity contribution in [1.29, 1.82) is 0 Å². The number of ether oxygens (including phenoxy) is 3. The van der Waals surface area contributed by atoms with Gasteiger partial charge in [-0.2, -0.15) is 0 Å². The molecule has 2 aromatic heterocycles. The van der Waals surface area contributed by atoms with E-state index in [9.17, 15) is 4.79 Å². The van der Waals surface area contributed by atoms with Gasteiger partial charge < -0.3 is 23.5 Å². The Bertz CT molecular complexity index is 875. The van der Waals surface area contributed by atoms with Gasteiger partial charge in [0.2, 0.25) is 6.29 Å². The highest BCUT2D eigenvalue weighted by Gasteiger charge is 2.25. The molecule has 158 valence electrons. The Morgan fingerprint density at radius 1 is 1.24 bits per heavy atom. The molecule has 0 atom stereocenters. The summed E-state index contributed by atoms with van der Waals surface area (Å²) in [5, 5.41) is 0.900. The maximum atomic E-state index is 12.3. The molecular weight excluding hydrogens is 372 g/mol. The second-order valence-electron chi connectivity index (χ2n) is 7.90. The molecule has 0 saturated carbocycles. The van der Waals surface area contributed by atoms with Crippen LogP contribution >= 0.6 is 0 Å². The molecule has 0 bridgehead atoms. The predicted molar refractivity (Wildman–Crippen MR) is 110 cm³/mol. The zero-order valence-electron chi connectivity index (χ0n) is 17.9. The number of rotatable bonds is 6. The standard InChI is InChI=1S/C22H30N2O5/c1-6-26-20(27-7-2)18-12-16-13-23-14-17(19(16)28-18)15-8-10-24(11-9-15)21(25)29-22(3,4)5/h8,12-14,20H,6-7,9-11H2,1-5H3. The number of furan rings is 1. The van der Waals surface area contributed by atoms with Crippen LogP contribution < -0.4 is 0 Å². The number of hydrogen-bond donors (Lipinski definition) is 0. The van der Waals surface area contributed by atoms with Gasteiger partial charge in [0.25, 0.3) is 0 Å². The molecule has 0 spiro atoms. The van der Waals surface area contributed by atoms with Crippen LogP contribution in [0.5, 0.6) is 0 Å². The Morgan fingerprint density at radius 2 is 1.97 bits per heavy atom. The van der Waals surface area contributed by atoms with Gasteiger partial charge in [0, 0.05) is 49.6 Å². The van der Waals surface area contributed by atoms with Crippen LogP contribution in [0, 0.1) is 0 Å². The highest BCUT2D eigenvalue weighted by molar-refractivity contribution is 5.89. The number of nitrogens with zero attached hydrogens (tertiary/aromatic N) is 2. The molecule has 2 aromatic rings. The minimum atomic E-state index is -0.534. The second kappa shape index (κ2) is 8.97. The van der Waals surface area contributed by atoms with E-state index in [-0.39, 0.29) is 6.09 Å². The molecule has 3 rings (SSSR count). The van der Waals surface area contributed by atoms with Crippen LogP contribution in [-0.4, -0.2) is 47.9 Å². The highest BCUT2D eigenvalue weighted by atomic mass is 16.7. The molecule has 1 aliphatic rings. The Balaban J connectivity index is 1.82. The Kier molecular flexibility index (Phi) is 6.59. The van der Waals surface area contributed by atoms with Crippen LogP contribution in [0.4, 0.5) is 4.79 Å². The molecule has 0 N–H and O–H groups in total. The van der Waals surface area contributed by atoms with Crippen molar-refractivity contribution in [1.82, 2.24) is 9.88 Å². The normalized spacial score (nSPS) is 15.1. The summed E-state index contributed by atoms with van der Waals surface area (Å²) in [6.07, 6.45) is 5.50. The Labute approximate surface area is 171 Å². The van der Waals surface area contributed by atoms with Gasteiger partial charge in [-0.15, -0.1) is 0 Å². The van der Waals surface area contributed by atoms with E-state index in [0.29, 0.717) is 38.5 Å². The van der Waals surface area contributed by atoms with E-state index >= 15 is 0 Å². The SMILES string of the molecule is CCOC(OCC)c1cc2cncc(C3=CCN(C(=O)OC(C)(C)C)CC3)c2o1. The quantitative estimate of drug-likeness (QED) is 0.638. The highest BCUT2D eigenvalue weighted by Crippen LogP contribution is 2.33. The third kappa shape index (κ3) is 5.16. The molecule has 0 saturated heterocycles. The fraction of sp³-hybridized carbons (Fsp3) is 0.545. The molecular formula is C22H30N2O5. The van der Waals surface area contributed by atoms with Crippen molar-refractivity contribution in [3.05, 3.63) is 35.9 Å². The zero-order valence-corrected chi connectivity index (χ0v) is 17.9. The van der Waals surface area contributed by atoms with Crippen LogP contribution in [0.25, 0.3) is 16.5 Å². The smallest absolute Gasteiger partial charge is 0.410 e. The van der Waals surface area contributed by atoms with Gasteiger partial charge in [-0.05, 0) is 52.7 Å². The van der Waals surface area contributed by atoms with E-state index in [1.54, 1.807) is 17.3 Å². The summed E-state index contributed by atoms with van der Waals surface area (Å²) in [4.78, 5) is 18.4. The summed E-state index contributed by atoms with van der Waals surface area (Å²) < 4.78 is 22.9. The van der Waals surface area contributed by atoms with E-state index in [1.165, 1.54) is 0 Å². The minimum absolute atomic E-state index is 0.291. The largest absolute Gasteiger partial charge is 0.455 e. The molecule has 0 fully saturated rings. The molecule has 1 aliphatic heterocycles. The van der Waals surface area contributed by atoms with Gasteiger partial charge in [0.1, 0.15) is 11.2 Å². The number of carbonyl (C=O) groups is 1. The van der Waals surface area contributed by atoms with Gasteiger partial charge in [-0.1, -0.05) is 6.08 Å². The lowest BCUT2D eigenvalue weighted by Crippen LogP contribution is -2.39. The maximum Gasteiger partial charge on any atom is 0.410 e. The van der Waals surface area contributed by atoms with Gasteiger partial charge in [0.05, 0.1) is 0 Å². The van der Waals surface area contributed by atoms with Crippen molar-refractivity contribution in [2.75, 3.05) is 26.3 Å². The van der Waals surface area contributed by atoms with Crippen molar-refractivity contribution in [3.63, 3.8) is 0 Å². The van der Waals surface area contributed by atoms with Crippen molar-refractivity contribution in [2.24, 2.45) is 0 Å². The summed E-state index contributed by atoms with van der Waals surface area (Å²) >= 11 is 0. The van der Waals surface area contributed by atoms with Crippen LogP contribution in [0.3, 0.4) is 0 Å². The number of pyridine rings is 1. The molecule has 29 heavy (non-hydrogen) atoms. The molecule has 0 aromatic carbocycles. The fourth-order valence-corrected chi connectivity index (χ4v) is 3.25. The second-order valence-corrected chi connectivity index (χ2v) is 7.90. The van der Waals surface area contributed by atoms with Crippen molar-refractivity contribution >= 4 is 22.6 Å². The summed E-state index contributed by atoms with van der Waals surface area (Å²) in [6, 6.07) is 1.91. The van der Waals surface area contributed by atoms with Crippen molar-refractivity contribution in [2.45, 2.75) is 52.9 Å². The first-order valence-electron chi connectivity index (χ1n) is 10.1. The summed E-state index contributed by atoms with van der Waals surface area (Å²) in [5.41, 5.74) is 2.30. The predicted octanol–water partition coefficient (Wildman–Crippen LogP) is 4.92. The molecule has 0 aliphatic carbocycles. The average Bonchev–Trinajstić information content (AvgIpc) is 3.11.